The van der Waals surface area contributed by atoms with Gasteiger partial charge in [-0.3, -0.25) is 0 Å². The predicted octanol–water partition coefficient (Wildman–Crippen LogP) is 2.13. The van der Waals surface area contributed by atoms with Crippen LogP contribution in [-0.2, 0) is 17.1 Å². The summed E-state index contributed by atoms with van der Waals surface area (Å²) in [6.45, 7) is 1.93. The third kappa shape index (κ3) is 2.64. The van der Waals surface area contributed by atoms with Gasteiger partial charge in [0, 0.05) is 17.1 Å². The number of hydrogen-bond donors (Lipinski definition) is 0. The van der Waals surface area contributed by atoms with Crippen molar-refractivity contribution < 1.29 is 21.5 Å². The first-order valence-corrected chi connectivity index (χ1v) is 2.51. The average Bonchev–Trinajstić information content (AvgIpc) is 1.77. The normalized spacial score (nSPS) is 8.22. The van der Waals surface area contributed by atoms with Crippen LogP contribution in [-0.4, -0.2) is 0 Å². The Balaban J connectivity index is 0.000000640. The second kappa shape index (κ2) is 3.65. The summed E-state index contributed by atoms with van der Waals surface area (Å²) in [6.07, 6.45) is 0. The Hall–Kier alpha value is -0.331. The molecular weight excluding hydrogens is 159 g/mol. The molecule has 2 heteroatoms. The fourth-order valence-electron chi connectivity index (χ4n) is 0.533. The molecule has 0 atom stereocenters. The number of hydrogen-bond acceptors (Lipinski definition) is 0. The third-order valence-corrected chi connectivity index (χ3v) is 1.01. The molecule has 0 amide bonds. The molecule has 0 unspecified atom stereocenters. The van der Waals surface area contributed by atoms with Crippen molar-refractivity contribution in [3.8, 4) is 0 Å². The molecule has 0 aliphatic heterocycles. The molecule has 0 aromatic heterocycles. The van der Waals surface area contributed by atoms with Crippen molar-refractivity contribution in [2.45, 2.75) is 6.92 Å². The molecule has 0 aliphatic rings. The van der Waals surface area contributed by atoms with Gasteiger partial charge in [-0.2, -0.15) is 0 Å². The average molecular weight is 166 g/mol. The van der Waals surface area contributed by atoms with Gasteiger partial charge in [0.15, 0.2) is 0 Å². The number of rotatable bonds is 0. The summed E-state index contributed by atoms with van der Waals surface area (Å²) in [4.78, 5) is 0. The molecule has 50 valence electrons. The molecule has 0 spiro atoms. The SMILES string of the molecule is Cc1ccc(F)cc1.[Fe]. The van der Waals surface area contributed by atoms with Gasteiger partial charge < -0.3 is 0 Å². The van der Waals surface area contributed by atoms with Gasteiger partial charge in [-0.25, -0.2) is 4.39 Å². The minimum Gasteiger partial charge on any atom is -0.207 e. The Labute approximate surface area is 64.6 Å². The van der Waals surface area contributed by atoms with Gasteiger partial charge in [-0.1, -0.05) is 17.7 Å². The Morgan fingerprint density at radius 2 is 1.56 bits per heavy atom. The smallest absolute Gasteiger partial charge is 0.123 e. The summed E-state index contributed by atoms with van der Waals surface area (Å²) in [5, 5.41) is 0. The molecule has 0 bridgehead atoms. The zero-order valence-corrected chi connectivity index (χ0v) is 6.15. The summed E-state index contributed by atoms with van der Waals surface area (Å²) >= 11 is 0. The van der Waals surface area contributed by atoms with E-state index in [2.05, 4.69) is 0 Å². The van der Waals surface area contributed by atoms with Crippen LogP contribution in [0.3, 0.4) is 0 Å². The van der Waals surface area contributed by atoms with Gasteiger partial charge in [-0.05, 0) is 19.1 Å². The molecule has 0 nitrogen and oxygen atoms in total. The van der Waals surface area contributed by atoms with Crippen LogP contribution in [0.2, 0.25) is 0 Å². The van der Waals surface area contributed by atoms with Crippen molar-refractivity contribution in [2.75, 3.05) is 0 Å². The molecule has 0 fully saturated rings. The van der Waals surface area contributed by atoms with Crippen LogP contribution < -0.4 is 0 Å². The molecule has 0 saturated carbocycles. The molecule has 9 heavy (non-hydrogen) atoms. The minimum atomic E-state index is -0.171. The Kier molecular flexibility index (Phi) is 3.51. The summed E-state index contributed by atoms with van der Waals surface area (Å²) in [6, 6.07) is 6.40. The van der Waals surface area contributed by atoms with Crippen LogP contribution in [0.15, 0.2) is 24.3 Å². The third-order valence-electron chi connectivity index (χ3n) is 1.01. The predicted molar refractivity (Wildman–Crippen MR) is 31.1 cm³/mol. The molecule has 0 aliphatic carbocycles. The Bertz CT molecular complexity index is 148. The van der Waals surface area contributed by atoms with Crippen LogP contribution >= 0.6 is 0 Å². The van der Waals surface area contributed by atoms with E-state index in [1.165, 1.54) is 12.1 Å². The van der Waals surface area contributed by atoms with Crippen molar-refractivity contribution in [2.24, 2.45) is 0 Å². The monoisotopic (exact) mass is 166 g/mol. The van der Waals surface area contributed by atoms with Crippen LogP contribution in [0.25, 0.3) is 0 Å². The molecule has 0 N–H and O–H groups in total. The number of benzene rings is 1. The summed E-state index contributed by atoms with van der Waals surface area (Å²) < 4.78 is 12.1. The molecule has 0 heterocycles. The summed E-state index contributed by atoms with van der Waals surface area (Å²) in [7, 11) is 0. The fraction of sp³-hybridized carbons (Fsp3) is 0.143. The van der Waals surface area contributed by atoms with Gasteiger partial charge in [0.2, 0.25) is 0 Å². The van der Waals surface area contributed by atoms with E-state index < -0.39 is 0 Å². The van der Waals surface area contributed by atoms with Crippen LogP contribution in [0.4, 0.5) is 4.39 Å². The quantitative estimate of drug-likeness (QED) is 0.518. The maximum absolute atomic E-state index is 12.1. The largest absolute Gasteiger partial charge is 0.207 e. The first-order valence-electron chi connectivity index (χ1n) is 2.51. The van der Waals surface area contributed by atoms with Gasteiger partial charge in [0.1, 0.15) is 5.82 Å². The van der Waals surface area contributed by atoms with E-state index in [9.17, 15) is 4.39 Å². The molecule has 0 radical (unpaired) electrons. The van der Waals surface area contributed by atoms with E-state index in [-0.39, 0.29) is 22.9 Å². The van der Waals surface area contributed by atoms with E-state index in [0.717, 1.165) is 5.56 Å². The van der Waals surface area contributed by atoms with Crippen molar-refractivity contribution in [3.63, 3.8) is 0 Å². The molecule has 1 aromatic rings. The standard InChI is InChI=1S/C7H7F.Fe/c1-6-2-4-7(8)5-3-6;/h2-5H,1H3;. The van der Waals surface area contributed by atoms with E-state index in [0.29, 0.717) is 0 Å². The summed E-state index contributed by atoms with van der Waals surface area (Å²) in [5.74, 6) is -0.171. The molecular formula is C7H7FFe. The maximum atomic E-state index is 12.1. The van der Waals surface area contributed by atoms with Crippen molar-refractivity contribution in [1.29, 1.82) is 0 Å². The number of aryl methyl sites for hydroxylation is 1. The van der Waals surface area contributed by atoms with Gasteiger partial charge in [0.25, 0.3) is 0 Å². The number of halogens is 1. The molecule has 0 saturated heterocycles. The van der Waals surface area contributed by atoms with Gasteiger partial charge in [0.05, 0.1) is 0 Å². The van der Waals surface area contributed by atoms with Crippen LogP contribution in [0.1, 0.15) is 5.56 Å². The van der Waals surface area contributed by atoms with Crippen molar-refractivity contribution in [3.05, 3.63) is 35.6 Å². The Morgan fingerprint density at radius 3 is 1.89 bits per heavy atom. The van der Waals surface area contributed by atoms with E-state index >= 15 is 0 Å². The molecule has 1 rings (SSSR count). The second-order valence-electron chi connectivity index (χ2n) is 1.80. The zero-order chi connectivity index (χ0) is 5.98. The van der Waals surface area contributed by atoms with Gasteiger partial charge in [-0.15, -0.1) is 0 Å². The van der Waals surface area contributed by atoms with Crippen molar-refractivity contribution >= 4 is 0 Å². The Morgan fingerprint density at radius 1 is 1.11 bits per heavy atom. The molecule has 1 aromatic carbocycles. The fourth-order valence-corrected chi connectivity index (χ4v) is 0.533. The topological polar surface area (TPSA) is 0 Å². The van der Waals surface area contributed by atoms with E-state index in [1.807, 2.05) is 6.92 Å². The second-order valence-corrected chi connectivity index (χ2v) is 1.80. The zero-order valence-electron chi connectivity index (χ0n) is 5.04. The van der Waals surface area contributed by atoms with Crippen molar-refractivity contribution in [1.82, 2.24) is 0 Å². The summed E-state index contributed by atoms with van der Waals surface area (Å²) in [5.41, 5.74) is 1.09. The minimum absolute atomic E-state index is 0. The van der Waals surface area contributed by atoms with Crippen LogP contribution in [0.5, 0.6) is 0 Å². The first-order chi connectivity index (χ1) is 3.79. The van der Waals surface area contributed by atoms with Gasteiger partial charge >= 0.3 is 0 Å². The van der Waals surface area contributed by atoms with E-state index in [4.69, 9.17) is 0 Å². The maximum Gasteiger partial charge on any atom is 0.123 e. The first kappa shape index (κ1) is 8.67. The van der Waals surface area contributed by atoms with Crippen LogP contribution in [0, 0.1) is 12.7 Å². The van der Waals surface area contributed by atoms with E-state index in [1.54, 1.807) is 12.1 Å².